The van der Waals surface area contributed by atoms with Gasteiger partial charge in [0.15, 0.2) is 0 Å². The maximum Gasteiger partial charge on any atom is 0.310 e. The van der Waals surface area contributed by atoms with Gasteiger partial charge in [0, 0.05) is 5.92 Å². The van der Waals surface area contributed by atoms with E-state index in [1.165, 1.54) is 32.1 Å². The Morgan fingerprint density at radius 3 is 2.83 bits per heavy atom. The van der Waals surface area contributed by atoms with Crippen molar-refractivity contribution in [2.24, 2.45) is 17.8 Å². The highest BCUT2D eigenvalue weighted by Gasteiger charge is 2.49. The summed E-state index contributed by atoms with van der Waals surface area (Å²) in [5.41, 5.74) is 1.16. The molecule has 1 aliphatic carbocycles. The molecule has 4 atom stereocenters. The largest absolute Gasteiger partial charge is 0.459 e. The van der Waals surface area contributed by atoms with Crippen LogP contribution in [0.5, 0.6) is 0 Å². The summed E-state index contributed by atoms with van der Waals surface area (Å²) in [6.45, 7) is 3.33. The van der Waals surface area contributed by atoms with Crippen molar-refractivity contribution in [2.45, 2.75) is 58.2 Å². The van der Waals surface area contributed by atoms with Gasteiger partial charge in [-0.1, -0.05) is 56.5 Å². The molecule has 1 aromatic rings. The van der Waals surface area contributed by atoms with E-state index in [9.17, 15) is 4.79 Å². The predicted molar refractivity (Wildman–Crippen MR) is 89.8 cm³/mol. The summed E-state index contributed by atoms with van der Waals surface area (Å²) in [6, 6.07) is 10.2. The van der Waals surface area contributed by atoms with Crippen molar-refractivity contribution < 1.29 is 14.3 Å². The molecule has 1 aromatic carbocycles. The zero-order chi connectivity index (χ0) is 16.1. The summed E-state index contributed by atoms with van der Waals surface area (Å²) >= 11 is 0. The molecule has 0 aromatic heterocycles. The van der Waals surface area contributed by atoms with E-state index >= 15 is 0 Å². The lowest BCUT2D eigenvalue weighted by Crippen LogP contribution is -2.33. The van der Waals surface area contributed by atoms with Gasteiger partial charge in [0.05, 0.1) is 19.1 Å². The third-order valence-corrected chi connectivity index (χ3v) is 5.42. The fourth-order valence-corrected chi connectivity index (χ4v) is 4.24. The molecule has 1 saturated heterocycles. The first-order valence-corrected chi connectivity index (χ1v) is 9.11. The third kappa shape index (κ3) is 3.95. The summed E-state index contributed by atoms with van der Waals surface area (Å²) in [6.07, 6.45) is 7.07. The van der Waals surface area contributed by atoms with Gasteiger partial charge in [0.2, 0.25) is 0 Å². The van der Waals surface area contributed by atoms with Crippen molar-refractivity contribution in [3.63, 3.8) is 0 Å². The predicted octanol–water partition coefficient (Wildman–Crippen LogP) is 4.35. The normalized spacial score (nSPS) is 30.0. The van der Waals surface area contributed by atoms with Gasteiger partial charge in [-0.05, 0) is 30.7 Å². The van der Waals surface area contributed by atoms with Gasteiger partial charge in [-0.3, -0.25) is 4.79 Å². The summed E-state index contributed by atoms with van der Waals surface area (Å²) in [4.78, 5) is 12.3. The number of benzene rings is 1. The van der Waals surface area contributed by atoms with E-state index in [2.05, 4.69) is 19.1 Å². The minimum atomic E-state index is -0.0411. The van der Waals surface area contributed by atoms with E-state index in [0.717, 1.165) is 12.0 Å². The number of hydrogen-bond acceptors (Lipinski definition) is 3. The van der Waals surface area contributed by atoms with Crippen LogP contribution in [0.4, 0.5) is 0 Å². The van der Waals surface area contributed by atoms with Gasteiger partial charge in [0.25, 0.3) is 0 Å². The van der Waals surface area contributed by atoms with Crippen LogP contribution in [0.2, 0.25) is 0 Å². The van der Waals surface area contributed by atoms with Gasteiger partial charge >= 0.3 is 5.97 Å². The topological polar surface area (TPSA) is 35.5 Å². The molecule has 0 radical (unpaired) electrons. The van der Waals surface area contributed by atoms with Crippen LogP contribution in [-0.4, -0.2) is 18.7 Å². The van der Waals surface area contributed by atoms with Crippen molar-refractivity contribution in [3.05, 3.63) is 35.9 Å². The average molecular weight is 316 g/mol. The Morgan fingerprint density at radius 2 is 2.04 bits per heavy atom. The summed E-state index contributed by atoms with van der Waals surface area (Å²) in [5.74, 6) is 1.05. The van der Waals surface area contributed by atoms with Crippen LogP contribution >= 0.6 is 0 Å². The Kier molecular flexibility index (Phi) is 5.71. The van der Waals surface area contributed by atoms with Gasteiger partial charge in [0.1, 0.15) is 6.10 Å². The molecule has 3 heteroatoms. The lowest BCUT2D eigenvalue weighted by Gasteiger charge is -2.32. The number of rotatable bonds is 7. The molecule has 1 saturated carbocycles. The molecule has 126 valence electrons. The second kappa shape index (κ2) is 7.96. The van der Waals surface area contributed by atoms with E-state index in [-0.39, 0.29) is 18.0 Å². The van der Waals surface area contributed by atoms with Crippen molar-refractivity contribution in [2.75, 3.05) is 6.61 Å². The van der Waals surface area contributed by atoms with Crippen LogP contribution in [0, 0.1) is 17.8 Å². The molecule has 1 heterocycles. The third-order valence-electron chi connectivity index (χ3n) is 5.42. The van der Waals surface area contributed by atoms with Crippen LogP contribution in [0.15, 0.2) is 30.3 Å². The Bertz CT molecular complexity index is 499. The fraction of sp³-hybridized carbons (Fsp3) is 0.650. The van der Waals surface area contributed by atoms with Crippen molar-refractivity contribution in [1.29, 1.82) is 0 Å². The molecule has 0 unspecified atom stereocenters. The van der Waals surface area contributed by atoms with Crippen LogP contribution in [0.25, 0.3) is 0 Å². The van der Waals surface area contributed by atoms with E-state index in [1.807, 2.05) is 18.2 Å². The van der Waals surface area contributed by atoms with Crippen LogP contribution < -0.4 is 0 Å². The number of fused-ring (bicyclic) bond motifs is 1. The monoisotopic (exact) mass is 316 g/mol. The number of unbranched alkanes of at least 4 members (excludes halogenated alkanes) is 1. The molecular weight excluding hydrogens is 288 g/mol. The maximum atomic E-state index is 12.3. The molecule has 3 nitrogen and oxygen atoms in total. The van der Waals surface area contributed by atoms with E-state index in [4.69, 9.17) is 9.47 Å². The Labute approximate surface area is 139 Å². The lowest BCUT2D eigenvalue weighted by molar-refractivity contribution is -0.147. The molecule has 0 N–H and O–H groups in total. The van der Waals surface area contributed by atoms with E-state index in [0.29, 0.717) is 25.0 Å². The summed E-state index contributed by atoms with van der Waals surface area (Å²) < 4.78 is 11.5. The highest BCUT2D eigenvalue weighted by molar-refractivity contribution is 5.75. The molecule has 0 amide bonds. The van der Waals surface area contributed by atoms with E-state index < -0.39 is 0 Å². The van der Waals surface area contributed by atoms with Crippen LogP contribution in [0.3, 0.4) is 0 Å². The molecule has 1 aliphatic heterocycles. The highest BCUT2D eigenvalue weighted by atomic mass is 16.6. The zero-order valence-electron chi connectivity index (χ0n) is 14.1. The second-order valence-electron chi connectivity index (χ2n) is 7.00. The van der Waals surface area contributed by atoms with Gasteiger partial charge in [-0.15, -0.1) is 0 Å². The lowest BCUT2D eigenvalue weighted by atomic mass is 9.70. The van der Waals surface area contributed by atoms with E-state index in [1.54, 1.807) is 0 Å². The maximum absolute atomic E-state index is 12.3. The van der Waals surface area contributed by atoms with Crippen molar-refractivity contribution >= 4 is 5.97 Å². The molecule has 0 bridgehead atoms. The number of cyclic esters (lactones) is 1. The van der Waals surface area contributed by atoms with Crippen LogP contribution in [-0.2, 0) is 20.9 Å². The van der Waals surface area contributed by atoms with Crippen LogP contribution in [0.1, 0.15) is 51.0 Å². The minimum absolute atomic E-state index is 0.0316. The fourth-order valence-electron chi connectivity index (χ4n) is 4.24. The van der Waals surface area contributed by atoms with Gasteiger partial charge in [-0.2, -0.15) is 0 Å². The quantitative estimate of drug-likeness (QED) is 0.702. The SMILES string of the molecule is CCCC[C@H]1CCC[C@H]2[C@@H]1C(=O)O[C@H]2COCc1ccccc1. The molecule has 2 aliphatic rings. The average Bonchev–Trinajstić information content (AvgIpc) is 2.91. The first-order valence-electron chi connectivity index (χ1n) is 9.11. The summed E-state index contributed by atoms with van der Waals surface area (Å²) in [5, 5.41) is 0. The molecule has 23 heavy (non-hydrogen) atoms. The van der Waals surface area contributed by atoms with Crippen molar-refractivity contribution in [3.8, 4) is 0 Å². The highest BCUT2D eigenvalue weighted by Crippen LogP contribution is 2.45. The van der Waals surface area contributed by atoms with Gasteiger partial charge < -0.3 is 9.47 Å². The minimum Gasteiger partial charge on any atom is -0.459 e. The Morgan fingerprint density at radius 1 is 1.22 bits per heavy atom. The number of ether oxygens (including phenoxy) is 2. The molecule has 3 rings (SSSR count). The zero-order valence-corrected chi connectivity index (χ0v) is 14.1. The molecule has 0 spiro atoms. The number of hydrogen-bond donors (Lipinski definition) is 0. The van der Waals surface area contributed by atoms with Gasteiger partial charge in [-0.25, -0.2) is 0 Å². The Balaban J connectivity index is 1.54. The summed E-state index contributed by atoms with van der Waals surface area (Å²) in [7, 11) is 0. The Hall–Kier alpha value is -1.35. The number of carbonyl (C=O) groups excluding carboxylic acids is 1. The number of esters is 1. The smallest absolute Gasteiger partial charge is 0.310 e. The first-order chi connectivity index (χ1) is 11.3. The molecule has 2 fully saturated rings. The standard InChI is InChI=1S/C20H28O3/c1-2-3-10-16-11-7-12-17-18(23-20(21)19(16)17)14-22-13-15-8-5-4-6-9-15/h4-6,8-9,16-19H,2-3,7,10-14H2,1H3/t16-,17+,18-,19+/m0/s1. The second-order valence-corrected chi connectivity index (χ2v) is 7.00. The van der Waals surface area contributed by atoms with Crippen molar-refractivity contribution in [1.82, 2.24) is 0 Å². The number of carbonyl (C=O) groups is 1. The first kappa shape index (κ1) is 16.5. The molecular formula is C20H28O3.